The molecule has 0 saturated heterocycles. The van der Waals surface area contributed by atoms with Crippen molar-refractivity contribution >= 4 is 11.8 Å². The highest BCUT2D eigenvalue weighted by Gasteiger charge is 2.59. The Labute approximate surface area is 225 Å². The first-order chi connectivity index (χ1) is 17.5. The lowest BCUT2D eigenvalue weighted by Gasteiger charge is -2.60. The molecule has 7 nitrogen and oxygen atoms in total. The first kappa shape index (κ1) is 28.8. The van der Waals surface area contributed by atoms with E-state index in [0.717, 1.165) is 42.4 Å². The molecule has 4 aliphatic carbocycles. The highest BCUT2D eigenvalue weighted by Crippen LogP contribution is 2.67. The monoisotopic (exact) mass is 517 g/mol. The summed E-state index contributed by atoms with van der Waals surface area (Å²) in [5.41, 5.74) is 17.4. The van der Waals surface area contributed by atoms with Gasteiger partial charge >= 0.3 is 0 Å². The Hall–Kier alpha value is -1.18. The van der Waals surface area contributed by atoms with Crippen LogP contribution in [0.1, 0.15) is 117 Å². The number of carbonyl (C=O) groups is 2. The number of hydrogen-bond donors (Lipinski definition) is 5. The van der Waals surface area contributed by atoms with E-state index in [2.05, 4.69) is 24.5 Å². The topological polar surface area (TPSA) is 136 Å². The highest BCUT2D eigenvalue weighted by atomic mass is 16.2. The molecule has 8 N–H and O–H groups in total. The maximum absolute atomic E-state index is 12.8. The molecule has 4 saturated carbocycles. The van der Waals surface area contributed by atoms with Crippen LogP contribution in [0, 0.1) is 40.4 Å². The number of amides is 2. The van der Waals surface area contributed by atoms with E-state index in [4.69, 9.17) is 17.2 Å². The summed E-state index contributed by atoms with van der Waals surface area (Å²) in [4.78, 5) is 25.2. The van der Waals surface area contributed by atoms with Gasteiger partial charge in [0.1, 0.15) is 6.04 Å². The zero-order valence-corrected chi connectivity index (χ0v) is 23.8. The van der Waals surface area contributed by atoms with Crippen LogP contribution in [0.3, 0.4) is 0 Å². The molecule has 0 aromatic rings. The van der Waals surface area contributed by atoms with Crippen molar-refractivity contribution < 1.29 is 9.59 Å². The smallest absolute Gasteiger partial charge is 0.243 e. The van der Waals surface area contributed by atoms with Crippen LogP contribution < -0.4 is 27.8 Å². The third-order valence-corrected chi connectivity index (χ3v) is 11.6. The Kier molecular flexibility index (Phi) is 8.97. The Bertz CT molecular complexity index is 812. The van der Waals surface area contributed by atoms with Gasteiger partial charge in [-0.15, -0.1) is 0 Å². The quantitative estimate of drug-likeness (QED) is 0.278. The summed E-state index contributed by atoms with van der Waals surface area (Å²) in [6, 6.07) is -0.651. The largest absolute Gasteiger partial charge is 0.344 e. The average molecular weight is 518 g/mol. The van der Waals surface area contributed by atoms with Crippen molar-refractivity contribution in [1.82, 2.24) is 10.6 Å². The number of carbonyl (C=O) groups excluding carboxylic acids is 2. The van der Waals surface area contributed by atoms with Crippen LogP contribution in [0.25, 0.3) is 0 Å². The molecule has 7 heteroatoms. The van der Waals surface area contributed by atoms with Gasteiger partial charge < -0.3 is 27.8 Å². The van der Waals surface area contributed by atoms with Gasteiger partial charge in [0, 0.05) is 6.42 Å². The van der Waals surface area contributed by atoms with E-state index in [1.165, 1.54) is 64.2 Å². The van der Waals surface area contributed by atoms with Crippen LogP contribution in [-0.4, -0.2) is 30.2 Å². The molecule has 212 valence electrons. The fourth-order valence-electron chi connectivity index (χ4n) is 9.60. The number of nitrogens with one attached hydrogen (secondary N) is 2. The summed E-state index contributed by atoms with van der Waals surface area (Å²) in [5.74, 6) is 4.08. The van der Waals surface area contributed by atoms with Gasteiger partial charge in [0.05, 0.1) is 12.3 Å². The van der Waals surface area contributed by atoms with Crippen LogP contribution in [0.15, 0.2) is 0 Å². The van der Waals surface area contributed by atoms with Crippen molar-refractivity contribution in [3.63, 3.8) is 0 Å². The third kappa shape index (κ3) is 6.19. The minimum absolute atomic E-state index is 0.0385. The molecule has 4 fully saturated rings. The van der Waals surface area contributed by atoms with E-state index in [1.807, 2.05) is 0 Å². The predicted octanol–water partition coefficient (Wildman–Crippen LogP) is 4.14. The molecule has 8 unspecified atom stereocenters. The van der Waals surface area contributed by atoms with E-state index < -0.39 is 11.7 Å². The Morgan fingerprint density at radius 1 is 0.973 bits per heavy atom. The fraction of sp³-hybridized carbons (Fsp3) is 0.933. The summed E-state index contributed by atoms with van der Waals surface area (Å²) in [5, 5.41) is 5.52. The first-order valence-electron chi connectivity index (χ1n) is 15.3. The van der Waals surface area contributed by atoms with Gasteiger partial charge in [-0.3, -0.25) is 9.59 Å². The second-order valence-corrected chi connectivity index (χ2v) is 14.0. The van der Waals surface area contributed by atoms with Crippen molar-refractivity contribution in [2.45, 2.75) is 129 Å². The number of fused-ring (bicyclic) bond motifs is 5. The number of nitrogens with two attached hydrogens (primary N) is 3. The minimum atomic E-state index is -0.882. The van der Waals surface area contributed by atoms with Crippen molar-refractivity contribution in [3.8, 4) is 0 Å². The van der Waals surface area contributed by atoms with Gasteiger partial charge in [-0.1, -0.05) is 26.7 Å². The average Bonchev–Trinajstić information content (AvgIpc) is 3.17. The van der Waals surface area contributed by atoms with E-state index in [9.17, 15) is 9.59 Å². The second-order valence-electron chi connectivity index (χ2n) is 14.0. The number of rotatable bonds is 10. The second kappa shape index (κ2) is 11.5. The van der Waals surface area contributed by atoms with E-state index in [-0.39, 0.29) is 18.5 Å². The molecular weight excluding hydrogens is 462 g/mol. The molecule has 0 bridgehead atoms. The lowest BCUT2D eigenvalue weighted by Crippen LogP contribution is -2.52. The Morgan fingerprint density at radius 2 is 1.73 bits per heavy atom. The van der Waals surface area contributed by atoms with Gasteiger partial charge in [0.15, 0.2) is 0 Å². The molecule has 0 aromatic heterocycles. The van der Waals surface area contributed by atoms with Crippen LogP contribution in [0.4, 0.5) is 0 Å². The fourth-order valence-corrected chi connectivity index (χ4v) is 9.60. The summed E-state index contributed by atoms with van der Waals surface area (Å²) in [7, 11) is 0. The van der Waals surface area contributed by atoms with Gasteiger partial charge in [-0.2, -0.15) is 0 Å². The molecule has 2 amide bonds. The third-order valence-electron chi connectivity index (χ3n) is 11.6. The van der Waals surface area contributed by atoms with Crippen molar-refractivity contribution in [1.29, 1.82) is 0 Å². The first-order valence-corrected chi connectivity index (χ1v) is 15.3. The maximum Gasteiger partial charge on any atom is 0.243 e. The van der Waals surface area contributed by atoms with Crippen LogP contribution in [0.5, 0.6) is 0 Å². The molecule has 0 aliphatic heterocycles. The predicted molar refractivity (Wildman–Crippen MR) is 149 cm³/mol. The molecule has 8 atom stereocenters. The lowest BCUT2D eigenvalue weighted by molar-refractivity contribution is -0.129. The molecule has 4 aliphatic rings. The highest BCUT2D eigenvalue weighted by molar-refractivity contribution is 5.87. The zero-order chi connectivity index (χ0) is 26.8. The molecule has 4 rings (SSSR count). The molecule has 0 heterocycles. The molecule has 0 spiro atoms. The minimum Gasteiger partial charge on any atom is -0.344 e. The number of hydrogen-bond acceptors (Lipinski definition) is 5. The van der Waals surface area contributed by atoms with Crippen LogP contribution in [-0.2, 0) is 9.59 Å². The van der Waals surface area contributed by atoms with E-state index in [1.54, 1.807) is 6.92 Å². The molecular formula is C30H55N5O2. The summed E-state index contributed by atoms with van der Waals surface area (Å²) >= 11 is 0. The van der Waals surface area contributed by atoms with Gasteiger partial charge in [0.2, 0.25) is 11.8 Å². The SMILES string of the molecule is CC(N)(N)CCC(NC(=O)CCCC1CCC2C3CCC4CCCCC4(C)C3CCC12C)C(=O)NCN. The maximum atomic E-state index is 12.8. The Morgan fingerprint density at radius 3 is 2.46 bits per heavy atom. The standard InChI is InChI=1S/C30H55N5O2/c1-28-16-5-4-7-20(28)10-12-22-23-13-11-21(29(23,2)17-14-24(22)28)8-6-9-26(36)35-25(27(37)34-19-31)15-18-30(3,32)33/h20-25H,4-19,31-33H2,1-3H3,(H,34,37)(H,35,36). The summed E-state index contributed by atoms with van der Waals surface area (Å²) < 4.78 is 0. The van der Waals surface area contributed by atoms with Crippen molar-refractivity contribution in [3.05, 3.63) is 0 Å². The van der Waals surface area contributed by atoms with Gasteiger partial charge in [0.25, 0.3) is 0 Å². The van der Waals surface area contributed by atoms with E-state index >= 15 is 0 Å². The van der Waals surface area contributed by atoms with E-state index in [0.29, 0.717) is 30.1 Å². The lowest BCUT2D eigenvalue weighted by atomic mass is 9.45. The molecule has 0 aromatic carbocycles. The van der Waals surface area contributed by atoms with Gasteiger partial charge in [-0.25, -0.2) is 0 Å². The Balaban J connectivity index is 1.29. The summed E-state index contributed by atoms with van der Waals surface area (Å²) in [6.07, 6.45) is 17.5. The van der Waals surface area contributed by atoms with Gasteiger partial charge in [-0.05, 0) is 124 Å². The molecule has 37 heavy (non-hydrogen) atoms. The van der Waals surface area contributed by atoms with Crippen LogP contribution in [0.2, 0.25) is 0 Å². The van der Waals surface area contributed by atoms with Crippen molar-refractivity contribution in [2.75, 3.05) is 6.67 Å². The zero-order valence-electron chi connectivity index (χ0n) is 23.8. The molecule has 0 radical (unpaired) electrons. The normalized spacial score (nSPS) is 38.2. The summed E-state index contributed by atoms with van der Waals surface area (Å²) in [6.45, 7) is 7.00. The van der Waals surface area contributed by atoms with Crippen LogP contribution >= 0.6 is 0 Å². The van der Waals surface area contributed by atoms with Crippen molar-refractivity contribution in [2.24, 2.45) is 57.6 Å².